The normalized spacial score (nSPS) is 16.1. The van der Waals surface area contributed by atoms with E-state index in [0.717, 1.165) is 24.5 Å². The molecule has 0 radical (unpaired) electrons. The fourth-order valence-electron chi connectivity index (χ4n) is 3.31. The number of rotatable bonds is 9. The van der Waals surface area contributed by atoms with Crippen molar-refractivity contribution >= 4 is 29.9 Å². The number of nitrogens with two attached hydrogens (primary N) is 1. The summed E-state index contributed by atoms with van der Waals surface area (Å²) >= 11 is 0. The standard InChI is InChI=1S/C21H34N4.HI/c1-18(2)17-24-21(22)23-12-6-7-13-25-14-10-20(11-15-25)16-19-8-4-3-5-9-19;/h3-5,8-9,20H,1,6-7,10-17H2,2H3,(H3,22,23,24);1H. The van der Waals surface area contributed by atoms with Crippen LogP contribution in [0, 0.1) is 5.92 Å². The number of nitrogens with zero attached hydrogens (tertiary/aromatic N) is 2. The van der Waals surface area contributed by atoms with Crippen LogP contribution in [-0.2, 0) is 6.42 Å². The van der Waals surface area contributed by atoms with Gasteiger partial charge in [0.25, 0.3) is 0 Å². The minimum Gasteiger partial charge on any atom is -0.370 e. The molecule has 5 heteroatoms. The monoisotopic (exact) mass is 470 g/mol. The first-order chi connectivity index (χ1) is 12.1. The molecule has 1 aromatic rings. The van der Waals surface area contributed by atoms with Gasteiger partial charge >= 0.3 is 0 Å². The molecule has 1 aromatic carbocycles. The molecule has 0 unspecified atom stereocenters. The van der Waals surface area contributed by atoms with E-state index in [1.54, 1.807) is 0 Å². The number of hydrogen-bond donors (Lipinski definition) is 2. The molecule has 1 heterocycles. The Bertz CT molecular complexity index is 536. The average Bonchev–Trinajstić information content (AvgIpc) is 2.62. The van der Waals surface area contributed by atoms with Gasteiger partial charge in [-0.05, 0) is 70.1 Å². The Hall–Kier alpha value is -1.08. The van der Waals surface area contributed by atoms with Crippen molar-refractivity contribution < 1.29 is 0 Å². The van der Waals surface area contributed by atoms with Gasteiger partial charge in [0.15, 0.2) is 5.96 Å². The third-order valence-electron chi connectivity index (χ3n) is 4.80. The van der Waals surface area contributed by atoms with Gasteiger partial charge in [-0.3, -0.25) is 0 Å². The van der Waals surface area contributed by atoms with Crippen molar-refractivity contribution in [3.63, 3.8) is 0 Å². The smallest absolute Gasteiger partial charge is 0.188 e. The van der Waals surface area contributed by atoms with Crippen molar-refractivity contribution in [3.05, 3.63) is 48.0 Å². The summed E-state index contributed by atoms with van der Waals surface area (Å²) in [6.07, 6.45) is 6.24. The molecule has 146 valence electrons. The van der Waals surface area contributed by atoms with Gasteiger partial charge in [-0.1, -0.05) is 42.5 Å². The number of nitrogens with one attached hydrogen (secondary N) is 1. The van der Waals surface area contributed by atoms with Crippen LogP contribution in [0.3, 0.4) is 0 Å². The molecule has 0 aliphatic carbocycles. The highest BCUT2D eigenvalue weighted by Gasteiger charge is 2.18. The topological polar surface area (TPSA) is 53.6 Å². The summed E-state index contributed by atoms with van der Waals surface area (Å²) in [5.41, 5.74) is 8.33. The molecule has 0 saturated carbocycles. The van der Waals surface area contributed by atoms with Crippen molar-refractivity contribution in [1.82, 2.24) is 10.2 Å². The SMILES string of the molecule is C=C(C)CN=C(N)NCCCCN1CCC(Cc2ccccc2)CC1.I. The summed E-state index contributed by atoms with van der Waals surface area (Å²) in [5, 5.41) is 3.18. The summed E-state index contributed by atoms with van der Waals surface area (Å²) in [6.45, 7) is 11.0. The highest BCUT2D eigenvalue weighted by atomic mass is 127. The largest absolute Gasteiger partial charge is 0.370 e. The van der Waals surface area contributed by atoms with Gasteiger partial charge in [0.1, 0.15) is 0 Å². The number of piperidine rings is 1. The molecule has 26 heavy (non-hydrogen) atoms. The zero-order chi connectivity index (χ0) is 17.9. The fourth-order valence-corrected chi connectivity index (χ4v) is 3.31. The van der Waals surface area contributed by atoms with Crippen molar-refractivity contribution in [2.75, 3.05) is 32.7 Å². The highest BCUT2D eigenvalue weighted by Crippen LogP contribution is 2.21. The van der Waals surface area contributed by atoms with Crippen molar-refractivity contribution in [2.45, 2.75) is 39.0 Å². The number of unbranched alkanes of at least 4 members (excludes halogenated alkanes) is 1. The minimum atomic E-state index is 0. The lowest BCUT2D eigenvalue weighted by atomic mass is 9.90. The molecular formula is C21H35IN4. The summed E-state index contributed by atoms with van der Waals surface area (Å²) in [7, 11) is 0. The Morgan fingerprint density at radius 1 is 1.23 bits per heavy atom. The molecular weight excluding hydrogens is 435 g/mol. The molecule has 0 bridgehead atoms. The molecule has 0 atom stereocenters. The van der Waals surface area contributed by atoms with Crippen LogP contribution in [-0.4, -0.2) is 43.6 Å². The second-order valence-electron chi connectivity index (χ2n) is 7.27. The first-order valence-electron chi connectivity index (χ1n) is 9.58. The molecule has 0 spiro atoms. The van der Waals surface area contributed by atoms with Crippen LogP contribution in [0.1, 0.15) is 38.2 Å². The van der Waals surface area contributed by atoms with Gasteiger partial charge in [-0.25, -0.2) is 4.99 Å². The van der Waals surface area contributed by atoms with E-state index in [1.807, 2.05) is 6.92 Å². The molecule has 1 fully saturated rings. The van der Waals surface area contributed by atoms with Gasteiger partial charge in [-0.2, -0.15) is 0 Å². The van der Waals surface area contributed by atoms with E-state index in [-0.39, 0.29) is 24.0 Å². The summed E-state index contributed by atoms with van der Waals surface area (Å²) < 4.78 is 0. The Balaban J connectivity index is 0.00000338. The molecule has 4 nitrogen and oxygen atoms in total. The molecule has 2 rings (SSSR count). The molecule has 1 saturated heterocycles. The van der Waals surface area contributed by atoms with Crippen LogP contribution < -0.4 is 11.1 Å². The highest BCUT2D eigenvalue weighted by molar-refractivity contribution is 14.0. The van der Waals surface area contributed by atoms with E-state index in [0.29, 0.717) is 12.5 Å². The van der Waals surface area contributed by atoms with Gasteiger partial charge in [0.2, 0.25) is 0 Å². The summed E-state index contributed by atoms with van der Waals surface area (Å²) in [5.74, 6) is 1.38. The number of likely N-dealkylation sites (tertiary alicyclic amines) is 1. The first kappa shape index (κ1) is 23.0. The predicted molar refractivity (Wildman–Crippen MR) is 123 cm³/mol. The summed E-state index contributed by atoms with van der Waals surface area (Å²) in [4.78, 5) is 6.84. The molecule has 0 aromatic heterocycles. The second kappa shape index (κ2) is 13.1. The number of aliphatic imine (C=N–C) groups is 1. The zero-order valence-corrected chi connectivity index (χ0v) is 18.5. The minimum absolute atomic E-state index is 0. The average molecular weight is 470 g/mol. The van der Waals surface area contributed by atoms with Crippen LogP contribution in [0.5, 0.6) is 0 Å². The maximum absolute atomic E-state index is 5.81. The molecule has 0 amide bonds. The number of hydrogen-bond acceptors (Lipinski definition) is 2. The van der Waals surface area contributed by atoms with Crippen LogP contribution in [0.4, 0.5) is 0 Å². The Morgan fingerprint density at radius 3 is 2.58 bits per heavy atom. The number of benzene rings is 1. The second-order valence-corrected chi connectivity index (χ2v) is 7.27. The summed E-state index contributed by atoms with van der Waals surface area (Å²) in [6, 6.07) is 10.9. The number of halogens is 1. The van der Waals surface area contributed by atoms with E-state index < -0.39 is 0 Å². The third-order valence-corrected chi connectivity index (χ3v) is 4.80. The Kier molecular flexibility index (Phi) is 11.6. The van der Waals surface area contributed by atoms with E-state index in [1.165, 1.54) is 50.9 Å². The van der Waals surface area contributed by atoms with Crippen LogP contribution >= 0.6 is 24.0 Å². The third kappa shape index (κ3) is 9.57. The van der Waals surface area contributed by atoms with Crippen molar-refractivity contribution in [3.8, 4) is 0 Å². The van der Waals surface area contributed by atoms with Crippen LogP contribution in [0.2, 0.25) is 0 Å². The van der Waals surface area contributed by atoms with Gasteiger partial charge in [-0.15, -0.1) is 24.0 Å². The fraction of sp³-hybridized carbons (Fsp3) is 0.571. The maximum atomic E-state index is 5.81. The van der Waals surface area contributed by atoms with E-state index in [4.69, 9.17) is 5.73 Å². The van der Waals surface area contributed by atoms with E-state index in [2.05, 4.69) is 52.1 Å². The van der Waals surface area contributed by atoms with Gasteiger partial charge in [0.05, 0.1) is 6.54 Å². The number of guanidine groups is 1. The lowest BCUT2D eigenvalue weighted by molar-refractivity contribution is 0.181. The predicted octanol–water partition coefficient (Wildman–Crippen LogP) is 3.82. The first-order valence-corrected chi connectivity index (χ1v) is 9.58. The van der Waals surface area contributed by atoms with E-state index in [9.17, 15) is 0 Å². The molecule has 3 N–H and O–H groups in total. The Morgan fingerprint density at radius 2 is 1.92 bits per heavy atom. The zero-order valence-electron chi connectivity index (χ0n) is 16.1. The quantitative estimate of drug-likeness (QED) is 0.190. The lowest BCUT2D eigenvalue weighted by Crippen LogP contribution is -2.36. The van der Waals surface area contributed by atoms with Crippen LogP contribution in [0.15, 0.2) is 47.5 Å². The van der Waals surface area contributed by atoms with E-state index >= 15 is 0 Å². The molecule has 1 aliphatic heterocycles. The lowest BCUT2D eigenvalue weighted by Gasteiger charge is -2.32. The van der Waals surface area contributed by atoms with Gasteiger partial charge < -0.3 is 16.0 Å². The Labute approximate surface area is 176 Å². The molecule has 1 aliphatic rings. The van der Waals surface area contributed by atoms with Crippen molar-refractivity contribution in [1.29, 1.82) is 0 Å². The van der Waals surface area contributed by atoms with Crippen molar-refractivity contribution in [2.24, 2.45) is 16.6 Å². The maximum Gasteiger partial charge on any atom is 0.188 e. The van der Waals surface area contributed by atoms with Gasteiger partial charge in [0, 0.05) is 6.54 Å². The van der Waals surface area contributed by atoms with Crippen LogP contribution in [0.25, 0.3) is 0 Å².